The molecule has 0 unspecified atom stereocenters. The Morgan fingerprint density at radius 3 is 2.85 bits per heavy atom. The molecule has 0 bridgehead atoms. The molecule has 0 aliphatic heterocycles. The molecule has 0 radical (unpaired) electrons. The fraction of sp³-hybridized carbons (Fsp3) is 0.214. The van der Waals surface area contributed by atoms with E-state index in [-0.39, 0.29) is 16.6 Å². The summed E-state index contributed by atoms with van der Waals surface area (Å²) < 4.78 is 5.03. The zero-order valence-electron chi connectivity index (χ0n) is 10.9. The van der Waals surface area contributed by atoms with E-state index in [0.717, 1.165) is 11.8 Å². The highest BCUT2D eigenvalue weighted by molar-refractivity contribution is 7.80. The molecule has 2 aromatic rings. The Labute approximate surface area is 121 Å². The number of amides is 1. The molecule has 1 heterocycles. The number of fused-ring (bicyclic) bond motifs is 1. The first-order chi connectivity index (χ1) is 9.58. The number of carbonyl (C=O) groups is 1. The van der Waals surface area contributed by atoms with Crippen molar-refractivity contribution in [3.05, 3.63) is 40.8 Å². The lowest BCUT2D eigenvalue weighted by Gasteiger charge is -2.09. The monoisotopic (exact) mass is 290 g/mol. The first-order valence-electron chi connectivity index (χ1n) is 6.23. The summed E-state index contributed by atoms with van der Waals surface area (Å²) in [5.41, 5.74) is 0.831. The van der Waals surface area contributed by atoms with Gasteiger partial charge in [0.2, 0.25) is 5.91 Å². The average Bonchev–Trinajstić information content (AvgIpc) is 2.39. The third-order valence-corrected chi connectivity index (χ3v) is 2.81. The summed E-state index contributed by atoms with van der Waals surface area (Å²) >= 11 is 5.05. The number of anilines is 1. The third kappa shape index (κ3) is 3.64. The van der Waals surface area contributed by atoms with E-state index in [2.05, 4.69) is 10.6 Å². The van der Waals surface area contributed by atoms with Crippen LogP contribution in [0.5, 0.6) is 0 Å². The van der Waals surface area contributed by atoms with Crippen molar-refractivity contribution in [3.8, 4) is 0 Å². The molecule has 0 aliphatic rings. The number of nitrogens with one attached hydrogen (secondary N) is 2. The van der Waals surface area contributed by atoms with Crippen molar-refractivity contribution >= 4 is 39.9 Å². The lowest BCUT2D eigenvalue weighted by atomic mass is 10.2. The molecule has 0 spiro atoms. The van der Waals surface area contributed by atoms with Gasteiger partial charge in [-0.25, -0.2) is 4.79 Å². The van der Waals surface area contributed by atoms with Gasteiger partial charge in [0.1, 0.15) is 5.58 Å². The van der Waals surface area contributed by atoms with Crippen LogP contribution in [0.25, 0.3) is 11.0 Å². The Morgan fingerprint density at radius 1 is 1.30 bits per heavy atom. The molecule has 2 N–H and O–H groups in total. The Bertz CT molecular complexity index is 709. The maximum absolute atomic E-state index is 11.4. The predicted octanol–water partition coefficient (Wildman–Crippen LogP) is 2.41. The molecular weight excluding hydrogens is 276 g/mol. The number of rotatable bonds is 3. The number of carbonyl (C=O) groups excluding carboxylic acids is 1. The van der Waals surface area contributed by atoms with Gasteiger partial charge in [-0.2, -0.15) is 0 Å². The van der Waals surface area contributed by atoms with E-state index in [1.165, 1.54) is 6.07 Å². The summed E-state index contributed by atoms with van der Waals surface area (Å²) in [4.78, 5) is 22.5. The van der Waals surface area contributed by atoms with Gasteiger partial charge < -0.3 is 15.1 Å². The molecule has 1 aromatic heterocycles. The Hall–Kier alpha value is -2.21. The van der Waals surface area contributed by atoms with Gasteiger partial charge in [0.15, 0.2) is 5.11 Å². The molecule has 20 heavy (non-hydrogen) atoms. The van der Waals surface area contributed by atoms with Crippen LogP contribution in [0.15, 0.2) is 39.5 Å². The van der Waals surface area contributed by atoms with Gasteiger partial charge in [-0.15, -0.1) is 0 Å². The zero-order valence-corrected chi connectivity index (χ0v) is 11.8. The van der Waals surface area contributed by atoms with Gasteiger partial charge in [0, 0.05) is 23.6 Å². The molecule has 1 aromatic carbocycles. The second-order valence-electron chi connectivity index (χ2n) is 4.26. The minimum absolute atomic E-state index is 0.114. The summed E-state index contributed by atoms with van der Waals surface area (Å²) in [5, 5.41) is 6.54. The van der Waals surface area contributed by atoms with Crippen LogP contribution in [0, 0.1) is 0 Å². The van der Waals surface area contributed by atoms with Gasteiger partial charge in [0.25, 0.3) is 0 Å². The maximum atomic E-state index is 11.4. The predicted molar refractivity (Wildman–Crippen MR) is 81.8 cm³/mol. The van der Waals surface area contributed by atoms with Gasteiger partial charge in [0.05, 0.1) is 0 Å². The van der Waals surface area contributed by atoms with Gasteiger partial charge >= 0.3 is 5.63 Å². The lowest BCUT2D eigenvalue weighted by Crippen LogP contribution is -2.33. The average molecular weight is 290 g/mol. The molecular formula is C14H14N2O3S. The minimum atomic E-state index is -0.388. The highest BCUT2D eigenvalue weighted by Gasteiger charge is 2.04. The second-order valence-corrected chi connectivity index (χ2v) is 4.67. The van der Waals surface area contributed by atoms with Crippen LogP contribution in [0.4, 0.5) is 5.69 Å². The highest BCUT2D eigenvalue weighted by atomic mass is 32.1. The molecule has 0 saturated carbocycles. The van der Waals surface area contributed by atoms with Crippen molar-refractivity contribution in [3.63, 3.8) is 0 Å². The normalized spacial score (nSPS) is 10.2. The molecule has 0 fully saturated rings. The number of benzene rings is 1. The highest BCUT2D eigenvalue weighted by Crippen LogP contribution is 2.17. The molecule has 0 saturated heterocycles. The molecule has 0 atom stereocenters. The fourth-order valence-electron chi connectivity index (χ4n) is 1.73. The standard InChI is InChI=1S/C14H14N2O3S/c1-2-3-12(17)16-14(20)15-10-5-6-11-9(8-10)4-7-13(18)19-11/h4-8H,2-3H2,1H3,(H2,15,16,17,20). The van der Waals surface area contributed by atoms with E-state index >= 15 is 0 Å². The Kier molecular flexibility index (Phi) is 4.47. The quantitative estimate of drug-likeness (QED) is 0.671. The zero-order chi connectivity index (χ0) is 14.5. The molecule has 5 nitrogen and oxygen atoms in total. The second kappa shape index (κ2) is 6.29. The lowest BCUT2D eigenvalue weighted by molar-refractivity contribution is -0.119. The van der Waals surface area contributed by atoms with E-state index in [0.29, 0.717) is 17.7 Å². The van der Waals surface area contributed by atoms with Crippen molar-refractivity contribution in [2.75, 3.05) is 5.32 Å². The van der Waals surface area contributed by atoms with Crippen LogP contribution < -0.4 is 16.3 Å². The van der Waals surface area contributed by atoms with Crippen LogP contribution in [0.2, 0.25) is 0 Å². The van der Waals surface area contributed by atoms with E-state index in [4.69, 9.17) is 16.6 Å². The van der Waals surface area contributed by atoms with Crippen LogP contribution >= 0.6 is 12.2 Å². The molecule has 6 heteroatoms. The van der Waals surface area contributed by atoms with Gasteiger partial charge in [-0.1, -0.05) is 6.92 Å². The van der Waals surface area contributed by atoms with Crippen molar-refractivity contribution in [2.24, 2.45) is 0 Å². The fourth-order valence-corrected chi connectivity index (χ4v) is 1.96. The topological polar surface area (TPSA) is 71.3 Å². The Balaban J connectivity index is 2.10. The SMILES string of the molecule is CCCC(=O)NC(=S)Nc1ccc2oc(=O)ccc2c1. The van der Waals surface area contributed by atoms with Crippen molar-refractivity contribution < 1.29 is 9.21 Å². The number of hydrogen-bond donors (Lipinski definition) is 2. The van der Waals surface area contributed by atoms with Gasteiger partial charge in [-0.3, -0.25) is 4.79 Å². The molecule has 104 valence electrons. The smallest absolute Gasteiger partial charge is 0.336 e. The van der Waals surface area contributed by atoms with Crippen molar-refractivity contribution in [1.29, 1.82) is 0 Å². The summed E-state index contributed by atoms with van der Waals surface area (Å²) in [7, 11) is 0. The minimum Gasteiger partial charge on any atom is -0.423 e. The number of hydrogen-bond acceptors (Lipinski definition) is 4. The summed E-state index contributed by atoms with van der Waals surface area (Å²) in [6.45, 7) is 1.92. The largest absolute Gasteiger partial charge is 0.423 e. The van der Waals surface area contributed by atoms with Crippen LogP contribution in [0.3, 0.4) is 0 Å². The summed E-state index contributed by atoms with van der Waals surface area (Å²) in [6.07, 6.45) is 1.20. The van der Waals surface area contributed by atoms with Crippen molar-refractivity contribution in [1.82, 2.24) is 5.32 Å². The summed E-state index contributed by atoms with van der Waals surface area (Å²) in [5.74, 6) is -0.114. The van der Waals surface area contributed by atoms with Crippen molar-refractivity contribution in [2.45, 2.75) is 19.8 Å². The van der Waals surface area contributed by atoms with E-state index in [1.807, 2.05) is 6.92 Å². The molecule has 0 aliphatic carbocycles. The molecule has 2 rings (SSSR count). The molecule has 1 amide bonds. The van der Waals surface area contributed by atoms with Crippen LogP contribution in [0.1, 0.15) is 19.8 Å². The van der Waals surface area contributed by atoms with Crippen LogP contribution in [-0.2, 0) is 4.79 Å². The summed E-state index contributed by atoms with van der Waals surface area (Å²) in [6, 6.07) is 8.22. The number of thiocarbonyl (C=S) groups is 1. The van der Waals surface area contributed by atoms with E-state index < -0.39 is 0 Å². The third-order valence-electron chi connectivity index (χ3n) is 2.61. The first-order valence-corrected chi connectivity index (χ1v) is 6.64. The van der Waals surface area contributed by atoms with E-state index in [1.54, 1.807) is 24.3 Å². The van der Waals surface area contributed by atoms with Gasteiger partial charge in [-0.05, 0) is 42.9 Å². The maximum Gasteiger partial charge on any atom is 0.336 e. The van der Waals surface area contributed by atoms with E-state index in [9.17, 15) is 9.59 Å². The Morgan fingerprint density at radius 2 is 2.10 bits per heavy atom. The first kappa shape index (κ1) is 14.2. The van der Waals surface area contributed by atoms with Crippen LogP contribution in [-0.4, -0.2) is 11.0 Å².